The van der Waals surface area contributed by atoms with E-state index in [1.54, 1.807) is 12.1 Å². The fourth-order valence-corrected chi connectivity index (χ4v) is 2.47. The maximum Gasteiger partial charge on any atom is 0.416 e. The number of thiocarbonyl (C=S) groups is 1. The highest BCUT2D eigenvalue weighted by molar-refractivity contribution is 7.99. The highest BCUT2D eigenvalue weighted by Gasteiger charge is 2.29. The SMILES string of the molecule is FC(F)Sc1ccc(NC(=S)N/N=C\c2ccc(C(F)(F)F)cc2)cc1. The summed E-state index contributed by atoms with van der Waals surface area (Å²) in [6.45, 7) is 0. The van der Waals surface area contributed by atoms with E-state index in [0.29, 0.717) is 27.9 Å². The summed E-state index contributed by atoms with van der Waals surface area (Å²) in [6.07, 6.45) is -3.07. The first kappa shape index (κ1) is 20.1. The minimum absolute atomic E-state index is 0.141. The molecule has 0 atom stereocenters. The van der Waals surface area contributed by atoms with Gasteiger partial charge in [0.15, 0.2) is 5.11 Å². The molecule has 138 valence electrons. The second kappa shape index (κ2) is 8.95. The van der Waals surface area contributed by atoms with Crippen molar-refractivity contribution in [3.63, 3.8) is 0 Å². The van der Waals surface area contributed by atoms with Crippen molar-refractivity contribution in [3.05, 3.63) is 59.7 Å². The van der Waals surface area contributed by atoms with Gasteiger partial charge in [0.25, 0.3) is 5.76 Å². The molecule has 26 heavy (non-hydrogen) atoms. The van der Waals surface area contributed by atoms with Gasteiger partial charge >= 0.3 is 6.18 Å². The molecule has 0 radical (unpaired) electrons. The van der Waals surface area contributed by atoms with Crippen LogP contribution in [0.1, 0.15) is 11.1 Å². The number of hydrazone groups is 1. The Bertz CT molecular complexity index is 759. The Morgan fingerprint density at radius 2 is 1.65 bits per heavy atom. The van der Waals surface area contributed by atoms with Crippen LogP contribution in [0.25, 0.3) is 0 Å². The fraction of sp³-hybridized carbons (Fsp3) is 0.125. The van der Waals surface area contributed by atoms with Gasteiger partial charge in [-0.2, -0.15) is 27.1 Å². The topological polar surface area (TPSA) is 36.4 Å². The second-order valence-electron chi connectivity index (χ2n) is 4.85. The summed E-state index contributed by atoms with van der Waals surface area (Å²) in [4.78, 5) is 0.421. The van der Waals surface area contributed by atoms with Crippen molar-refractivity contribution >= 4 is 41.0 Å². The van der Waals surface area contributed by atoms with E-state index < -0.39 is 17.5 Å². The quantitative estimate of drug-likeness (QED) is 0.231. The Kier molecular flexibility index (Phi) is 6.92. The van der Waals surface area contributed by atoms with E-state index in [9.17, 15) is 22.0 Å². The second-order valence-corrected chi connectivity index (χ2v) is 6.32. The molecule has 0 unspecified atom stereocenters. The van der Waals surface area contributed by atoms with Gasteiger partial charge in [-0.25, -0.2) is 0 Å². The lowest BCUT2D eigenvalue weighted by Gasteiger charge is -2.08. The van der Waals surface area contributed by atoms with Crippen molar-refractivity contribution in [2.75, 3.05) is 5.32 Å². The molecule has 2 rings (SSSR count). The van der Waals surface area contributed by atoms with Crippen molar-refractivity contribution in [2.45, 2.75) is 16.8 Å². The monoisotopic (exact) mass is 405 g/mol. The molecule has 0 fully saturated rings. The number of halogens is 5. The van der Waals surface area contributed by atoms with E-state index in [1.807, 2.05) is 0 Å². The molecule has 0 bridgehead atoms. The molecule has 0 aliphatic heterocycles. The Morgan fingerprint density at radius 1 is 1.04 bits per heavy atom. The zero-order valence-electron chi connectivity index (χ0n) is 12.9. The minimum atomic E-state index is -4.39. The van der Waals surface area contributed by atoms with Gasteiger partial charge in [-0.15, -0.1) is 0 Å². The Hall–Kier alpha value is -2.20. The number of rotatable bonds is 5. The molecule has 0 amide bonds. The number of alkyl halides is 5. The molecule has 2 aromatic carbocycles. The molecule has 3 nitrogen and oxygen atoms in total. The summed E-state index contributed by atoms with van der Waals surface area (Å²) >= 11 is 5.45. The lowest BCUT2D eigenvalue weighted by Crippen LogP contribution is -2.23. The normalized spacial score (nSPS) is 11.8. The first-order valence-corrected chi connectivity index (χ1v) is 8.35. The van der Waals surface area contributed by atoms with Gasteiger partial charge in [0, 0.05) is 10.6 Å². The summed E-state index contributed by atoms with van der Waals surface area (Å²) in [5.41, 5.74) is 2.81. The van der Waals surface area contributed by atoms with Crippen LogP contribution in [0.4, 0.5) is 27.6 Å². The van der Waals surface area contributed by atoms with Crippen LogP contribution in [0, 0.1) is 0 Å². The maximum atomic E-state index is 12.5. The van der Waals surface area contributed by atoms with Gasteiger partial charge in [-0.3, -0.25) is 5.43 Å². The van der Waals surface area contributed by atoms with Gasteiger partial charge in [-0.05, 0) is 54.2 Å². The van der Waals surface area contributed by atoms with Gasteiger partial charge in [0.1, 0.15) is 0 Å². The van der Waals surface area contributed by atoms with Crippen LogP contribution in [0.15, 0.2) is 58.5 Å². The summed E-state index contributed by atoms with van der Waals surface area (Å²) in [6, 6.07) is 10.7. The number of nitrogens with one attached hydrogen (secondary N) is 2. The average Bonchev–Trinajstić information content (AvgIpc) is 2.56. The largest absolute Gasteiger partial charge is 0.416 e. The summed E-state index contributed by atoms with van der Waals surface area (Å²) in [7, 11) is 0. The zero-order valence-corrected chi connectivity index (χ0v) is 14.6. The van der Waals surface area contributed by atoms with E-state index in [2.05, 4.69) is 15.8 Å². The molecule has 10 heteroatoms. The smallest absolute Gasteiger partial charge is 0.331 e. The lowest BCUT2D eigenvalue weighted by atomic mass is 10.1. The first-order valence-electron chi connectivity index (χ1n) is 7.06. The van der Waals surface area contributed by atoms with Crippen LogP contribution in [0.5, 0.6) is 0 Å². The third kappa shape index (κ3) is 6.60. The molecule has 0 spiro atoms. The van der Waals surface area contributed by atoms with E-state index in [4.69, 9.17) is 12.2 Å². The summed E-state index contributed by atoms with van der Waals surface area (Å²) in [5.74, 6) is -2.49. The van der Waals surface area contributed by atoms with Crippen molar-refractivity contribution in [2.24, 2.45) is 5.10 Å². The van der Waals surface area contributed by atoms with Crippen LogP contribution < -0.4 is 10.7 Å². The fourth-order valence-electron chi connectivity index (χ4n) is 1.80. The molecular weight excluding hydrogens is 393 g/mol. The van der Waals surface area contributed by atoms with Gasteiger partial charge in [0.05, 0.1) is 11.8 Å². The molecule has 2 N–H and O–H groups in total. The van der Waals surface area contributed by atoms with Crippen LogP contribution in [-0.2, 0) is 6.18 Å². The number of thioether (sulfide) groups is 1. The number of hydrogen-bond acceptors (Lipinski definition) is 3. The molecule has 0 aliphatic carbocycles. The summed E-state index contributed by atoms with van der Waals surface area (Å²) in [5, 5.41) is 6.76. The molecule has 0 heterocycles. The van der Waals surface area contributed by atoms with Crippen molar-refractivity contribution in [1.29, 1.82) is 0 Å². The molecule has 2 aromatic rings. The third-order valence-corrected chi connectivity index (χ3v) is 3.87. The maximum absolute atomic E-state index is 12.5. The molecule has 0 aliphatic rings. The highest BCUT2D eigenvalue weighted by Crippen LogP contribution is 2.29. The number of anilines is 1. The minimum Gasteiger partial charge on any atom is -0.331 e. The van der Waals surface area contributed by atoms with E-state index in [0.717, 1.165) is 12.1 Å². The lowest BCUT2D eigenvalue weighted by molar-refractivity contribution is -0.137. The zero-order chi connectivity index (χ0) is 19.2. The molecular formula is C16H12F5N3S2. The highest BCUT2D eigenvalue weighted by atomic mass is 32.2. The Labute approximate surface area is 155 Å². The third-order valence-electron chi connectivity index (χ3n) is 2.96. The number of hydrogen-bond donors (Lipinski definition) is 2. The molecule has 0 aromatic heterocycles. The number of benzene rings is 2. The van der Waals surface area contributed by atoms with E-state index in [1.165, 1.54) is 30.5 Å². The van der Waals surface area contributed by atoms with Crippen LogP contribution in [0.3, 0.4) is 0 Å². The van der Waals surface area contributed by atoms with Gasteiger partial charge in [-0.1, -0.05) is 23.9 Å². The average molecular weight is 405 g/mol. The molecule has 0 saturated heterocycles. The first-order chi connectivity index (χ1) is 12.2. The van der Waals surface area contributed by atoms with Crippen molar-refractivity contribution in [1.82, 2.24) is 5.43 Å². The predicted molar refractivity (Wildman–Crippen MR) is 96.7 cm³/mol. The number of nitrogens with zero attached hydrogens (tertiary/aromatic N) is 1. The van der Waals surface area contributed by atoms with Crippen LogP contribution >= 0.6 is 24.0 Å². The van der Waals surface area contributed by atoms with E-state index in [-0.39, 0.29) is 5.11 Å². The Morgan fingerprint density at radius 3 is 2.19 bits per heavy atom. The van der Waals surface area contributed by atoms with Crippen molar-refractivity contribution in [3.8, 4) is 0 Å². The van der Waals surface area contributed by atoms with Crippen LogP contribution in [0.2, 0.25) is 0 Å². The van der Waals surface area contributed by atoms with E-state index >= 15 is 0 Å². The standard InChI is InChI=1S/C16H12F5N3S2/c17-14(18)26-13-7-5-12(6-8-13)23-15(25)24-22-9-10-1-3-11(4-2-10)16(19,20)21/h1-9,14H,(H2,23,24,25)/b22-9-. The predicted octanol–water partition coefficient (Wildman–Crippen LogP) is 5.34. The van der Waals surface area contributed by atoms with Crippen LogP contribution in [-0.4, -0.2) is 17.1 Å². The van der Waals surface area contributed by atoms with Crippen molar-refractivity contribution < 1.29 is 22.0 Å². The molecule has 0 saturated carbocycles. The van der Waals surface area contributed by atoms with Gasteiger partial charge < -0.3 is 5.32 Å². The summed E-state index contributed by atoms with van der Waals surface area (Å²) < 4.78 is 61.9. The van der Waals surface area contributed by atoms with Gasteiger partial charge in [0.2, 0.25) is 0 Å². The Balaban J connectivity index is 1.85.